The minimum atomic E-state index is -0.774. The number of rotatable bonds is 7. The highest BCUT2D eigenvalue weighted by molar-refractivity contribution is 7.99. The van der Waals surface area contributed by atoms with Gasteiger partial charge < -0.3 is 9.67 Å². The molecule has 1 fully saturated rings. The standard InChI is InChI=1S/C18H23N3O2S/c22-16(23)11-12-24-18-20-19-17(15-9-5-2-6-10-15)21(18)13-14-7-3-1-4-8-14/h1,3-4,7-8,15H,2,5-6,9-13H2,(H,22,23). The van der Waals surface area contributed by atoms with Crippen LogP contribution < -0.4 is 0 Å². The van der Waals surface area contributed by atoms with E-state index in [0.717, 1.165) is 17.5 Å². The lowest BCUT2D eigenvalue weighted by Crippen LogP contribution is -2.14. The molecule has 1 N–H and O–H groups in total. The average Bonchev–Trinajstić information content (AvgIpc) is 2.99. The molecule has 0 unspecified atom stereocenters. The maximum Gasteiger partial charge on any atom is 0.304 e. The average molecular weight is 345 g/mol. The number of benzene rings is 1. The van der Waals surface area contributed by atoms with Crippen molar-refractivity contribution < 1.29 is 9.90 Å². The van der Waals surface area contributed by atoms with Crippen LogP contribution in [0.1, 0.15) is 55.8 Å². The Morgan fingerprint density at radius 2 is 1.92 bits per heavy atom. The minimum Gasteiger partial charge on any atom is -0.481 e. The second kappa shape index (κ2) is 8.33. The van der Waals surface area contributed by atoms with Gasteiger partial charge in [-0.25, -0.2) is 0 Å². The number of carbonyl (C=O) groups is 1. The fourth-order valence-electron chi connectivity index (χ4n) is 3.21. The van der Waals surface area contributed by atoms with Gasteiger partial charge in [0.05, 0.1) is 13.0 Å². The number of hydrogen-bond acceptors (Lipinski definition) is 4. The molecule has 2 aromatic rings. The van der Waals surface area contributed by atoms with E-state index in [2.05, 4.69) is 26.9 Å². The van der Waals surface area contributed by atoms with Crippen LogP contribution in [-0.4, -0.2) is 31.6 Å². The van der Waals surface area contributed by atoms with Crippen LogP contribution in [-0.2, 0) is 11.3 Å². The Balaban J connectivity index is 1.82. The molecule has 0 aliphatic heterocycles. The van der Waals surface area contributed by atoms with Gasteiger partial charge in [-0.2, -0.15) is 0 Å². The van der Waals surface area contributed by atoms with Gasteiger partial charge in [0.2, 0.25) is 0 Å². The fraction of sp³-hybridized carbons (Fsp3) is 0.500. The molecule has 1 saturated carbocycles. The van der Waals surface area contributed by atoms with Crippen molar-refractivity contribution in [3.63, 3.8) is 0 Å². The summed E-state index contributed by atoms with van der Waals surface area (Å²) < 4.78 is 2.19. The van der Waals surface area contributed by atoms with E-state index in [4.69, 9.17) is 5.11 Å². The zero-order valence-electron chi connectivity index (χ0n) is 13.7. The highest BCUT2D eigenvalue weighted by Crippen LogP contribution is 2.33. The summed E-state index contributed by atoms with van der Waals surface area (Å²) in [6, 6.07) is 10.3. The van der Waals surface area contributed by atoms with Crippen LogP contribution in [0.15, 0.2) is 35.5 Å². The second-order valence-corrected chi connectivity index (χ2v) is 7.30. The first-order valence-electron chi connectivity index (χ1n) is 8.55. The van der Waals surface area contributed by atoms with Crippen LogP contribution in [0, 0.1) is 0 Å². The van der Waals surface area contributed by atoms with E-state index >= 15 is 0 Å². The van der Waals surface area contributed by atoms with Crippen LogP contribution in [0.5, 0.6) is 0 Å². The monoisotopic (exact) mass is 345 g/mol. The quantitative estimate of drug-likeness (QED) is 0.770. The van der Waals surface area contributed by atoms with E-state index in [9.17, 15) is 4.79 Å². The highest BCUT2D eigenvalue weighted by Gasteiger charge is 2.23. The van der Waals surface area contributed by atoms with Gasteiger partial charge in [-0.05, 0) is 18.4 Å². The van der Waals surface area contributed by atoms with Crippen molar-refractivity contribution in [2.75, 3.05) is 5.75 Å². The van der Waals surface area contributed by atoms with Gasteiger partial charge in [-0.1, -0.05) is 61.4 Å². The van der Waals surface area contributed by atoms with Crippen molar-refractivity contribution in [2.24, 2.45) is 0 Å². The molecule has 5 nitrogen and oxygen atoms in total. The first-order chi connectivity index (χ1) is 11.7. The lowest BCUT2D eigenvalue weighted by molar-refractivity contribution is -0.136. The van der Waals surface area contributed by atoms with Crippen LogP contribution >= 0.6 is 11.8 Å². The molecular formula is C18H23N3O2S. The van der Waals surface area contributed by atoms with Gasteiger partial charge in [-0.3, -0.25) is 4.79 Å². The van der Waals surface area contributed by atoms with E-state index in [1.165, 1.54) is 49.4 Å². The normalized spacial score (nSPS) is 15.5. The first-order valence-corrected chi connectivity index (χ1v) is 9.54. The molecule has 0 atom stereocenters. The van der Waals surface area contributed by atoms with Crippen molar-refractivity contribution >= 4 is 17.7 Å². The predicted molar refractivity (Wildman–Crippen MR) is 94.4 cm³/mol. The largest absolute Gasteiger partial charge is 0.481 e. The van der Waals surface area contributed by atoms with Gasteiger partial charge in [0.15, 0.2) is 5.16 Å². The molecule has 6 heteroatoms. The molecule has 0 spiro atoms. The van der Waals surface area contributed by atoms with Crippen molar-refractivity contribution in [3.8, 4) is 0 Å². The molecule has 0 bridgehead atoms. The topological polar surface area (TPSA) is 68.0 Å². The maximum atomic E-state index is 10.8. The number of carboxylic acids is 1. The van der Waals surface area contributed by atoms with Gasteiger partial charge >= 0.3 is 5.97 Å². The Kier molecular flexibility index (Phi) is 5.91. The van der Waals surface area contributed by atoms with E-state index < -0.39 is 5.97 Å². The lowest BCUT2D eigenvalue weighted by Gasteiger charge is -2.22. The molecule has 1 aliphatic rings. The van der Waals surface area contributed by atoms with E-state index in [1.807, 2.05) is 18.2 Å². The van der Waals surface area contributed by atoms with Crippen LogP contribution in [0.4, 0.5) is 0 Å². The Hall–Kier alpha value is -1.82. The number of hydrogen-bond donors (Lipinski definition) is 1. The molecule has 1 aromatic carbocycles. The van der Waals surface area contributed by atoms with E-state index in [-0.39, 0.29) is 6.42 Å². The molecule has 128 valence electrons. The molecule has 24 heavy (non-hydrogen) atoms. The highest BCUT2D eigenvalue weighted by atomic mass is 32.2. The van der Waals surface area contributed by atoms with Gasteiger partial charge in [-0.15, -0.1) is 10.2 Å². The number of nitrogens with zero attached hydrogens (tertiary/aromatic N) is 3. The third-order valence-corrected chi connectivity index (χ3v) is 5.41. The summed E-state index contributed by atoms with van der Waals surface area (Å²) in [7, 11) is 0. The number of carboxylic acid groups (broad SMARTS) is 1. The summed E-state index contributed by atoms with van der Waals surface area (Å²) in [5.41, 5.74) is 1.22. The molecule has 0 saturated heterocycles. The summed E-state index contributed by atoms with van der Waals surface area (Å²) >= 11 is 1.49. The SMILES string of the molecule is O=C(O)CCSc1nnc(C2CCCCC2)n1Cc1ccccc1. The summed E-state index contributed by atoms with van der Waals surface area (Å²) in [6.45, 7) is 0.745. The number of aromatic nitrogens is 3. The van der Waals surface area contributed by atoms with Crippen LogP contribution in [0.2, 0.25) is 0 Å². The molecule has 0 radical (unpaired) electrons. The van der Waals surface area contributed by atoms with Crippen LogP contribution in [0.25, 0.3) is 0 Å². The Morgan fingerprint density at radius 3 is 2.62 bits per heavy atom. The molecule has 0 amide bonds. The first kappa shape index (κ1) is 17.0. The van der Waals surface area contributed by atoms with Gasteiger partial charge in [0, 0.05) is 11.7 Å². The summed E-state index contributed by atoms with van der Waals surface area (Å²) in [6.07, 6.45) is 6.30. The van der Waals surface area contributed by atoms with Crippen molar-refractivity contribution in [3.05, 3.63) is 41.7 Å². The van der Waals surface area contributed by atoms with Crippen LogP contribution in [0.3, 0.4) is 0 Å². The maximum absolute atomic E-state index is 10.8. The molecule has 3 rings (SSSR count). The second-order valence-electron chi connectivity index (χ2n) is 6.24. The third-order valence-electron chi connectivity index (χ3n) is 4.45. The van der Waals surface area contributed by atoms with E-state index in [1.54, 1.807) is 0 Å². The predicted octanol–water partition coefficient (Wildman–Crippen LogP) is 3.94. The van der Waals surface area contributed by atoms with Gasteiger partial charge in [0.25, 0.3) is 0 Å². The number of aliphatic carboxylic acids is 1. The Morgan fingerprint density at radius 1 is 1.17 bits per heavy atom. The zero-order valence-corrected chi connectivity index (χ0v) is 14.5. The Bertz CT molecular complexity index is 666. The molecular weight excluding hydrogens is 322 g/mol. The van der Waals surface area contributed by atoms with E-state index in [0.29, 0.717) is 11.7 Å². The van der Waals surface area contributed by atoms with Gasteiger partial charge in [0.1, 0.15) is 5.82 Å². The smallest absolute Gasteiger partial charge is 0.304 e. The number of thioether (sulfide) groups is 1. The molecule has 1 aliphatic carbocycles. The zero-order chi connectivity index (χ0) is 16.8. The van der Waals surface area contributed by atoms with Crippen molar-refractivity contribution in [1.29, 1.82) is 0 Å². The Labute approximate surface area is 146 Å². The lowest BCUT2D eigenvalue weighted by atomic mass is 9.88. The summed E-state index contributed by atoms with van der Waals surface area (Å²) in [4.78, 5) is 10.8. The van der Waals surface area contributed by atoms with Crippen molar-refractivity contribution in [1.82, 2.24) is 14.8 Å². The fourth-order valence-corrected chi connectivity index (χ4v) is 4.09. The molecule has 1 aromatic heterocycles. The third kappa shape index (κ3) is 4.38. The van der Waals surface area contributed by atoms with Crippen molar-refractivity contribution in [2.45, 2.75) is 56.1 Å². The minimum absolute atomic E-state index is 0.141. The summed E-state index contributed by atoms with van der Waals surface area (Å²) in [5.74, 6) is 1.29. The summed E-state index contributed by atoms with van der Waals surface area (Å²) in [5, 5.41) is 18.5. The molecule has 1 heterocycles.